The number of H-pyrrole nitrogens is 1. The van der Waals surface area contributed by atoms with E-state index in [0.717, 1.165) is 18.3 Å². The molecular weight excluding hydrogens is 268 g/mol. The first kappa shape index (κ1) is 13.7. The van der Waals surface area contributed by atoms with Gasteiger partial charge in [0.05, 0.1) is 6.26 Å². The molecule has 1 fully saturated rings. The molecule has 3 rings (SSSR count). The van der Waals surface area contributed by atoms with Gasteiger partial charge in [0, 0.05) is 19.5 Å². The van der Waals surface area contributed by atoms with E-state index in [0.29, 0.717) is 30.5 Å². The van der Waals surface area contributed by atoms with Gasteiger partial charge in [0.25, 0.3) is 0 Å². The van der Waals surface area contributed by atoms with Gasteiger partial charge in [0.2, 0.25) is 5.82 Å². The zero-order chi connectivity index (χ0) is 14.5. The molecule has 0 saturated heterocycles. The van der Waals surface area contributed by atoms with Crippen molar-refractivity contribution in [1.82, 2.24) is 20.5 Å². The van der Waals surface area contributed by atoms with Crippen molar-refractivity contribution in [2.24, 2.45) is 16.6 Å². The molecule has 0 bridgehead atoms. The summed E-state index contributed by atoms with van der Waals surface area (Å²) in [5.41, 5.74) is 5.82. The van der Waals surface area contributed by atoms with Crippen LogP contribution < -0.4 is 11.1 Å². The number of nitrogens with zero attached hydrogens (tertiary/aromatic N) is 3. The van der Waals surface area contributed by atoms with Gasteiger partial charge in [-0.05, 0) is 30.9 Å². The zero-order valence-corrected chi connectivity index (χ0v) is 11.9. The molecule has 0 aliphatic heterocycles. The van der Waals surface area contributed by atoms with Gasteiger partial charge in [-0.25, -0.2) is 4.98 Å². The molecule has 2 aromatic rings. The standard InChI is InChI=1S/C14H20N6O/c15-14(17-9-10-3-1-4-10)16-7-6-12-18-13(20-19-12)11-5-2-8-21-11/h2,5,8,10H,1,3-4,6-7,9H2,(H3,15,16,17)(H,18,19,20). The molecule has 2 aromatic heterocycles. The van der Waals surface area contributed by atoms with Gasteiger partial charge in [0.15, 0.2) is 11.7 Å². The molecule has 4 N–H and O–H groups in total. The molecule has 0 spiro atoms. The van der Waals surface area contributed by atoms with Crippen LogP contribution >= 0.6 is 0 Å². The number of guanidine groups is 1. The van der Waals surface area contributed by atoms with E-state index in [9.17, 15) is 0 Å². The molecule has 21 heavy (non-hydrogen) atoms. The van der Waals surface area contributed by atoms with Gasteiger partial charge in [-0.1, -0.05) is 6.42 Å². The van der Waals surface area contributed by atoms with Crippen molar-refractivity contribution < 1.29 is 4.42 Å². The third-order valence-corrected chi connectivity index (χ3v) is 3.69. The highest BCUT2D eigenvalue weighted by Gasteiger charge is 2.16. The Morgan fingerprint density at radius 1 is 1.52 bits per heavy atom. The molecule has 1 aliphatic rings. The highest BCUT2D eigenvalue weighted by molar-refractivity contribution is 5.77. The van der Waals surface area contributed by atoms with Crippen LogP contribution in [0.2, 0.25) is 0 Å². The first-order chi connectivity index (χ1) is 10.3. The van der Waals surface area contributed by atoms with Gasteiger partial charge < -0.3 is 15.5 Å². The zero-order valence-electron chi connectivity index (χ0n) is 11.9. The van der Waals surface area contributed by atoms with Crippen LogP contribution in [0, 0.1) is 5.92 Å². The van der Waals surface area contributed by atoms with Gasteiger partial charge in [-0.3, -0.25) is 10.1 Å². The van der Waals surface area contributed by atoms with Gasteiger partial charge in [-0.15, -0.1) is 0 Å². The number of hydrogen-bond donors (Lipinski definition) is 3. The van der Waals surface area contributed by atoms with Crippen molar-refractivity contribution in [2.45, 2.75) is 25.7 Å². The van der Waals surface area contributed by atoms with E-state index in [2.05, 4.69) is 25.5 Å². The third-order valence-electron chi connectivity index (χ3n) is 3.69. The van der Waals surface area contributed by atoms with E-state index >= 15 is 0 Å². The third kappa shape index (κ3) is 3.62. The van der Waals surface area contributed by atoms with Crippen LogP contribution in [0.3, 0.4) is 0 Å². The molecule has 2 heterocycles. The lowest BCUT2D eigenvalue weighted by Gasteiger charge is -2.23. The molecular formula is C14H20N6O. The van der Waals surface area contributed by atoms with E-state index in [1.807, 2.05) is 12.1 Å². The van der Waals surface area contributed by atoms with Crippen LogP contribution in [0.5, 0.6) is 0 Å². The number of aromatic nitrogens is 3. The summed E-state index contributed by atoms with van der Waals surface area (Å²) in [6.45, 7) is 1.51. The second kappa shape index (κ2) is 6.43. The summed E-state index contributed by atoms with van der Waals surface area (Å²) in [6.07, 6.45) is 6.20. The molecule has 7 heteroatoms. The molecule has 0 aromatic carbocycles. The number of rotatable bonds is 6. The normalized spacial score (nSPS) is 15.9. The van der Waals surface area contributed by atoms with Crippen LogP contribution in [0.15, 0.2) is 27.8 Å². The van der Waals surface area contributed by atoms with Crippen molar-refractivity contribution >= 4 is 5.96 Å². The topological polar surface area (TPSA) is 105 Å². The SMILES string of the molecule is NC(=NCC1CCC1)NCCc1nc(-c2ccco2)n[nH]1. The number of aliphatic imine (C=N–C) groups is 1. The van der Waals surface area contributed by atoms with Crippen molar-refractivity contribution in [1.29, 1.82) is 0 Å². The number of nitrogens with one attached hydrogen (secondary N) is 2. The predicted octanol–water partition coefficient (Wildman–Crippen LogP) is 1.31. The second-order valence-corrected chi connectivity index (χ2v) is 5.28. The predicted molar refractivity (Wildman–Crippen MR) is 79.6 cm³/mol. The average Bonchev–Trinajstić information content (AvgIpc) is 3.07. The van der Waals surface area contributed by atoms with Crippen molar-refractivity contribution in [3.63, 3.8) is 0 Å². The van der Waals surface area contributed by atoms with Gasteiger partial charge in [0.1, 0.15) is 5.82 Å². The Morgan fingerprint density at radius 3 is 3.14 bits per heavy atom. The Labute approximate surface area is 123 Å². The Balaban J connectivity index is 1.42. The molecule has 0 atom stereocenters. The highest BCUT2D eigenvalue weighted by Crippen LogP contribution is 2.26. The summed E-state index contributed by atoms with van der Waals surface area (Å²) in [4.78, 5) is 8.71. The van der Waals surface area contributed by atoms with E-state index in [1.54, 1.807) is 6.26 Å². The van der Waals surface area contributed by atoms with Crippen LogP contribution in [0.1, 0.15) is 25.1 Å². The minimum Gasteiger partial charge on any atom is -0.461 e. The number of aromatic amines is 1. The monoisotopic (exact) mass is 288 g/mol. The quantitative estimate of drug-likeness (QED) is 0.549. The lowest BCUT2D eigenvalue weighted by Crippen LogP contribution is -2.34. The summed E-state index contributed by atoms with van der Waals surface area (Å²) in [6, 6.07) is 3.64. The van der Waals surface area contributed by atoms with E-state index in [-0.39, 0.29) is 0 Å². The average molecular weight is 288 g/mol. The Morgan fingerprint density at radius 2 is 2.43 bits per heavy atom. The Hall–Kier alpha value is -2.31. The first-order valence-corrected chi connectivity index (χ1v) is 7.30. The minimum absolute atomic E-state index is 0.507. The molecule has 0 amide bonds. The fourth-order valence-electron chi connectivity index (χ4n) is 2.19. The summed E-state index contributed by atoms with van der Waals surface area (Å²) >= 11 is 0. The maximum atomic E-state index is 5.82. The van der Waals surface area contributed by atoms with Crippen LogP contribution in [0.4, 0.5) is 0 Å². The Bertz CT molecular complexity index is 584. The number of hydrogen-bond acceptors (Lipinski definition) is 4. The lowest BCUT2D eigenvalue weighted by molar-refractivity contribution is 0.326. The molecule has 0 radical (unpaired) electrons. The summed E-state index contributed by atoms with van der Waals surface area (Å²) in [7, 11) is 0. The summed E-state index contributed by atoms with van der Waals surface area (Å²) in [5.74, 6) is 3.26. The van der Waals surface area contributed by atoms with Gasteiger partial charge >= 0.3 is 0 Å². The van der Waals surface area contributed by atoms with E-state index < -0.39 is 0 Å². The van der Waals surface area contributed by atoms with Crippen LogP contribution in [-0.4, -0.2) is 34.2 Å². The lowest BCUT2D eigenvalue weighted by atomic mass is 9.86. The smallest absolute Gasteiger partial charge is 0.216 e. The second-order valence-electron chi connectivity index (χ2n) is 5.28. The molecule has 7 nitrogen and oxygen atoms in total. The largest absolute Gasteiger partial charge is 0.461 e. The molecule has 1 aliphatic carbocycles. The molecule has 0 unspecified atom stereocenters. The Kier molecular flexibility index (Phi) is 4.18. The van der Waals surface area contributed by atoms with E-state index in [4.69, 9.17) is 10.2 Å². The highest BCUT2D eigenvalue weighted by atomic mass is 16.3. The number of furan rings is 1. The molecule has 112 valence electrons. The fraction of sp³-hybridized carbons (Fsp3) is 0.500. The van der Waals surface area contributed by atoms with Crippen LogP contribution in [-0.2, 0) is 6.42 Å². The van der Waals surface area contributed by atoms with Gasteiger partial charge in [-0.2, -0.15) is 5.10 Å². The maximum Gasteiger partial charge on any atom is 0.216 e. The summed E-state index contributed by atoms with van der Waals surface area (Å²) in [5, 5.41) is 10.1. The summed E-state index contributed by atoms with van der Waals surface area (Å²) < 4.78 is 5.25. The van der Waals surface area contributed by atoms with Crippen molar-refractivity contribution in [3.05, 3.63) is 24.2 Å². The minimum atomic E-state index is 0.507. The van der Waals surface area contributed by atoms with Crippen LogP contribution in [0.25, 0.3) is 11.6 Å². The van der Waals surface area contributed by atoms with Crippen molar-refractivity contribution in [2.75, 3.05) is 13.1 Å². The number of nitrogens with two attached hydrogens (primary N) is 1. The maximum absolute atomic E-state index is 5.82. The fourth-order valence-corrected chi connectivity index (χ4v) is 2.19. The molecule has 1 saturated carbocycles. The van der Waals surface area contributed by atoms with Crippen molar-refractivity contribution in [3.8, 4) is 11.6 Å². The van der Waals surface area contributed by atoms with E-state index in [1.165, 1.54) is 19.3 Å². The first-order valence-electron chi connectivity index (χ1n) is 7.30.